The van der Waals surface area contributed by atoms with Gasteiger partial charge in [-0.1, -0.05) is 30.0 Å². The van der Waals surface area contributed by atoms with Crippen molar-refractivity contribution >= 4 is 34.4 Å². The van der Waals surface area contributed by atoms with E-state index in [1.54, 1.807) is 12.4 Å². The number of amides is 1. The quantitative estimate of drug-likeness (QED) is 0.474. The lowest BCUT2D eigenvalue weighted by Gasteiger charge is -2.06. The smallest absolute Gasteiger partial charge is 0.234 e. The number of aryl methyl sites for hydroxylation is 1. The molecule has 0 atom stereocenters. The van der Waals surface area contributed by atoms with Crippen LogP contribution in [0.4, 0.5) is 5.69 Å². The molecule has 4 rings (SSSR count). The number of thioether (sulfide) groups is 1. The summed E-state index contributed by atoms with van der Waals surface area (Å²) in [6.45, 7) is 2.04. The maximum absolute atomic E-state index is 12.3. The average Bonchev–Trinajstić information content (AvgIpc) is 3.11. The van der Waals surface area contributed by atoms with Gasteiger partial charge in [0.2, 0.25) is 5.91 Å². The number of aromatic amines is 1. The molecule has 2 N–H and O–H groups in total. The molecule has 0 radical (unpaired) electrons. The van der Waals surface area contributed by atoms with Gasteiger partial charge >= 0.3 is 0 Å². The number of carbonyl (C=O) groups excluding carboxylic acids is 1. The van der Waals surface area contributed by atoms with E-state index in [0.29, 0.717) is 5.75 Å². The van der Waals surface area contributed by atoms with Crippen molar-refractivity contribution in [2.75, 3.05) is 11.1 Å². The van der Waals surface area contributed by atoms with Crippen LogP contribution in [0.25, 0.3) is 11.0 Å². The Morgan fingerprint density at radius 3 is 2.57 bits per heavy atom. The van der Waals surface area contributed by atoms with E-state index in [2.05, 4.69) is 26.3 Å². The summed E-state index contributed by atoms with van der Waals surface area (Å²) in [6.07, 6.45) is 4.44. The van der Waals surface area contributed by atoms with Crippen molar-refractivity contribution in [3.8, 4) is 0 Å². The Morgan fingerprint density at radius 1 is 1.04 bits per heavy atom. The van der Waals surface area contributed by atoms with Crippen LogP contribution in [0, 0.1) is 6.92 Å². The lowest BCUT2D eigenvalue weighted by molar-refractivity contribution is -0.113. The van der Waals surface area contributed by atoms with E-state index in [0.717, 1.165) is 28.3 Å². The molecule has 1 amide bonds. The van der Waals surface area contributed by atoms with E-state index in [1.807, 2.05) is 55.5 Å². The zero-order valence-electron chi connectivity index (χ0n) is 15.5. The minimum Gasteiger partial charge on any atom is -0.333 e. The molecule has 0 saturated heterocycles. The number of imidazole rings is 1. The highest BCUT2D eigenvalue weighted by Gasteiger charge is 2.08. The summed E-state index contributed by atoms with van der Waals surface area (Å²) < 4.78 is 0. The fourth-order valence-electron chi connectivity index (χ4n) is 2.94. The molecule has 2 aromatic heterocycles. The van der Waals surface area contributed by atoms with Gasteiger partial charge in [0.15, 0.2) is 5.16 Å². The Morgan fingerprint density at radius 2 is 1.79 bits per heavy atom. The number of H-pyrrole nitrogens is 1. The Labute approximate surface area is 167 Å². The van der Waals surface area contributed by atoms with Crippen molar-refractivity contribution in [1.82, 2.24) is 15.0 Å². The maximum atomic E-state index is 12.3. The van der Waals surface area contributed by atoms with E-state index in [-0.39, 0.29) is 5.91 Å². The molecule has 2 aromatic carbocycles. The summed E-state index contributed by atoms with van der Waals surface area (Å²) in [7, 11) is 0. The molecular formula is C22H20N4OS. The van der Waals surface area contributed by atoms with Gasteiger partial charge in [0.05, 0.1) is 16.8 Å². The molecule has 0 fully saturated rings. The van der Waals surface area contributed by atoms with Crippen LogP contribution in [0.15, 0.2) is 72.1 Å². The fraction of sp³-hybridized carbons (Fsp3) is 0.136. The van der Waals surface area contributed by atoms with Crippen molar-refractivity contribution in [1.29, 1.82) is 0 Å². The van der Waals surface area contributed by atoms with Gasteiger partial charge < -0.3 is 10.3 Å². The van der Waals surface area contributed by atoms with Gasteiger partial charge in [-0.2, -0.15) is 0 Å². The predicted molar refractivity (Wildman–Crippen MR) is 114 cm³/mol. The van der Waals surface area contributed by atoms with Crippen molar-refractivity contribution in [2.24, 2.45) is 0 Å². The predicted octanol–water partition coefficient (Wildman–Crippen LogP) is 4.59. The van der Waals surface area contributed by atoms with Gasteiger partial charge in [-0.3, -0.25) is 9.78 Å². The Kier molecular flexibility index (Phi) is 5.39. The first-order valence-corrected chi connectivity index (χ1v) is 10.0. The monoisotopic (exact) mass is 388 g/mol. The summed E-state index contributed by atoms with van der Waals surface area (Å²) >= 11 is 1.40. The second kappa shape index (κ2) is 8.27. The zero-order chi connectivity index (χ0) is 19.3. The van der Waals surface area contributed by atoms with Crippen LogP contribution in [0.1, 0.15) is 16.7 Å². The Hall–Kier alpha value is -3.12. The number of aromatic nitrogens is 3. The number of benzene rings is 2. The largest absolute Gasteiger partial charge is 0.333 e. The molecule has 28 heavy (non-hydrogen) atoms. The van der Waals surface area contributed by atoms with E-state index in [4.69, 9.17) is 0 Å². The molecule has 0 aliphatic rings. The highest BCUT2D eigenvalue weighted by Crippen LogP contribution is 2.21. The third-order valence-electron chi connectivity index (χ3n) is 4.35. The van der Waals surface area contributed by atoms with Crippen LogP contribution in [-0.4, -0.2) is 26.6 Å². The van der Waals surface area contributed by atoms with Gasteiger partial charge in [-0.15, -0.1) is 0 Å². The van der Waals surface area contributed by atoms with Crippen LogP contribution in [-0.2, 0) is 11.2 Å². The standard InChI is InChI=1S/C22H20N4OS/c1-15-2-7-19-20(12-15)26-22(25-19)28-14-21(27)24-18-5-3-16(4-6-18)13-17-8-10-23-11-9-17/h2-12H,13-14H2,1H3,(H,24,27)(H,25,26). The summed E-state index contributed by atoms with van der Waals surface area (Å²) in [5.41, 5.74) is 6.29. The molecule has 140 valence electrons. The number of nitrogens with zero attached hydrogens (tertiary/aromatic N) is 2. The molecule has 0 bridgehead atoms. The van der Waals surface area contributed by atoms with Crippen molar-refractivity contribution < 1.29 is 4.79 Å². The second-order valence-electron chi connectivity index (χ2n) is 6.63. The maximum Gasteiger partial charge on any atom is 0.234 e. The van der Waals surface area contributed by atoms with Gasteiger partial charge in [-0.25, -0.2) is 4.98 Å². The SMILES string of the molecule is Cc1ccc2nc(SCC(=O)Nc3ccc(Cc4ccncc4)cc3)[nH]c2c1. The minimum atomic E-state index is -0.0523. The minimum absolute atomic E-state index is 0.0523. The number of hydrogen-bond donors (Lipinski definition) is 2. The fourth-order valence-corrected chi connectivity index (χ4v) is 3.63. The number of anilines is 1. The van der Waals surface area contributed by atoms with Crippen LogP contribution >= 0.6 is 11.8 Å². The molecular weight excluding hydrogens is 368 g/mol. The zero-order valence-corrected chi connectivity index (χ0v) is 16.3. The number of carbonyl (C=O) groups is 1. The molecule has 2 heterocycles. The third kappa shape index (κ3) is 4.58. The number of hydrogen-bond acceptors (Lipinski definition) is 4. The van der Waals surface area contributed by atoms with Crippen LogP contribution in [0.5, 0.6) is 0 Å². The first kappa shape index (κ1) is 18.3. The molecule has 0 aliphatic carbocycles. The van der Waals surface area contributed by atoms with Crippen LogP contribution < -0.4 is 5.32 Å². The number of pyridine rings is 1. The Bertz CT molecular complexity index is 1090. The molecule has 5 nitrogen and oxygen atoms in total. The average molecular weight is 388 g/mol. The van der Waals surface area contributed by atoms with E-state index < -0.39 is 0 Å². The highest BCUT2D eigenvalue weighted by molar-refractivity contribution is 7.99. The lowest BCUT2D eigenvalue weighted by atomic mass is 10.1. The lowest BCUT2D eigenvalue weighted by Crippen LogP contribution is -2.14. The summed E-state index contributed by atoms with van der Waals surface area (Å²) in [6, 6.07) is 18.0. The van der Waals surface area contributed by atoms with Crippen LogP contribution in [0.3, 0.4) is 0 Å². The van der Waals surface area contributed by atoms with Gasteiger partial charge in [0.1, 0.15) is 0 Å². The molecule has 6 heteroatoms. The summed E-state index contributed by atoms with van der Waals surface area (Å²) in [5.74, 6) is 0.251. The number of fused-ring (bicyclic) bond motifs is 1. The second-order valence-corrected chi connectivity index (χ2v) is 7.59. The van der Waals surface area contributed by atoms with Gasteiger partial charge in [0, 0.05) is 18.1 Å². The van der Waals surface area contributed by atoms with E-state index >= 15 is 0 Å². The van der Waals surface area contributed by atoms with Gasteiger partial charge in [0.25, 0.3) is 0 Å². The van der Waals surface area contributed by atoms with E-state index in [9.17, 15) is 4.79 Å². The molecule has 0 spiro atoms. The van der Waals surface area contributed by atoms with Crippen molar-refractivity contribution in [3.05, 3.63) is 83.7 Å². The molecule has 0 saturated carbocycles. The molecule has 4 aromatic rings. The topological polar surface area (TPSA) is 70.7 Å². The summed E-state index contributed by atoms with van der Waals surface area (Å²) in [5, 5.41) is 3.69. The Balaban J connectivity index is 1.31. The van der Waals surface area contributed by atoms with E-state index in [1.165, 1.54) is 28.5 Å². The van der Waals surface area contributed by atoms with Crippen LogP contribution in [0.2, 0.25) is 0 Å². The first-order valence-electron chi connectivity index (χ1n) is 9.02. The molecule has 0 unspecified atom stereocenters. The normalized spacial score (nSPS) is 10.9. The van der Waals surface area contributed by atoms with Crippen molar-refractivity contribution in [3.63, 3.8) is 0 Å². The third-order valence-corrected chi connectivity index (χ3v) is 5.22. The number of rotatable bonds is 6. The first-order chi connectivity index (χ1) is 13.7. The highest BCUT2D eigenvalue weighted by atomic mass is 32.2. The summed E-state index contributed by atoms with van der Waals surface area (Å²) in [4.78, 5) is 24.0. The van der Waals surface area contributed by atoms with Gasteiger partial charge in [-0.05, 0) is 66.4 Å². The number of nitrogens with one attached hydrogen (secondary N) is 2. The van der Waals surface area contributed by atoms with Crippen molar-refractivity contribution in [2.45, 2.75) is 18.5 Å². The molecule has 0 aliphatic heterocycles.